The van der Waals surface area contributed by atoms with Crippen molar-refractivity contribution in [3.05, 3.63) is 57.6 Å². The van der Waals surface area contributed by atoms with Crippen LogP contribution in [0.15, 0.2) is 36.4 Å². The average molecular weight is 344 g/mol. The summed E-state index contributed by atoms with van der Waals surface area (Å²) in [6, 6.07) is 10.7. The summed E-state index contributed by atoms with van der Waals surface area (Å²) in [5.74, 6) is 0.398. The van der Waals surface area contributed by atoms with Gasteiger partial charge >= 0.3 is 7.52 Å². The van der Waals surface area contributed by atoms with E-state index >= 15 is 0 Å². The van der Waals surface area contributed by atoms with Gasteiger partial charge in [0.1, 0.15) is 5.75 Å². The van der Waals surface area contributed by atoms with Crippen LogP contribution in [0.25, 0.3) is 0 Å². The quantitative estimate of drug-likeness (QED) is 0.699. The van der Waals surface area contributed by atoms with Crippen molar-refractivity contribution in [2.75, 3.05) is 11.8 Å². The van der Waals surface area contributed by atoms with Gasteiger partial charge in [0, 0.05) is 17.4 Å². The molecule has 0 saturated heterocycles. The monoisotopic (exact) mass is 343 g/mol. The van der Waals surface area contributed by atoms with Gasteiger partial charge < -0.3 is 9.61 Å². The molecular weight excluding hydrogens is 328 g/mol. The molecule has 0 aliphatic carbocycles. The highest BCUT2D eigenvalue weighted by Crippen LogP contribution is 2.46. The molecule has 0 unspecified atom stereocenters. The first kappa shape index (κ1) is 16.2. The van der Waals surface area contributed by atoms with E-state index in [0.29, 0.717) is 21.5 Å². The minimum Gasteiger partial charge on any atom is -0.427 e. The maximum Gasteiger partial charge on any atom is 0.338 e. The van der Waals surface area contributed by atoms with Gasteiger partial charge in [0.2, 0.25) is 0 Å². The fourth-order valence-corrected chi connectivity index (χ4v) is 3.46. The van der Waals surface area contributed by atoms with E-state index in [1.807, 2.05) is 26.0 Å². The second-order valence-electron chi connectivity index (χ2n) is 4.94. The van der Waals surface area contributed by atoms with Crippen LogP contribution < -0.4 is 9.61 Å². The zero-order valence-electron chi connectivity index (χ0n) is 12.0. The van der Waals surface area contributed by atoms with Crippen LogP contribution in [-0.4, -0.2) is 6.66 Å². The van der Waals surface area contributed by atoms with Gasteiger partial charge in [0.25, 0.3) is 0 Å². The van der Waals surface area contributed by atoms with Crippen LogP contribution >= 0.6 is 30.7 Å². The minimum absolute atomic E-state index is 0.398. The third kappa shape index (κ3) is 4.41. The number of rotatable bonds is 4. The number of hydrogen-bond acceptors (Lipinski definition) is 2. The Kier molecular flexibility index (Phi) is 4.88. The number of aryl methyl sites for hydroxylation is 2. The molecule has 0 saturated carbocycles. The van der Waals surface area contributed by atoms with Crippen molar-refractivity contribution >= 4 is 36.4 Å². The second kappa shape index (κ2) is 6.31. The van der Waals surface area contributed by atoms with Gasteiger partial charge in [-0.25, -0.2) is 0 Å². The molecule has 21 heavy (non-hydrogen) atoms. The average Bonchev–Trinajstić information content (AvgIpc) is 2.37. The molecule has 0 spiro atoms. The summed E-state index contributed by atoms with van der Waals surface area (Å²) in [6.07, 6.45) is 0. The van der Waals surface area contributed by atoms with Crippen molar-refractivity contribution in [1.82, 2.24) is 0 Å². The maximum absolute atomic E-state index is 12.6. The summed E-state index contributed by atoms with van der Waals surface area (Å²) >= 11 is 12.0. The van der Waals surface area contributed by atoms with Crippen LogP contribution in [0.2, 0.25) is 10.0 Å². The highest BCUT2D eigenvalue weighted by atomic mass is 35.5. The summed E-state index contributed by atoms with van der Waals surface area (Å²) in [5, 5.41) is 3.90. The fourth-order valence-electron chi connectivity index (χ4n) is 1.82. The first-order chi connectivity index (χ1) is 9.77. The van der Waals surface area contributed by atoms with Crippen molar-refractivity contribution in [3.8, 4) is 5.75 Å². The molecule has 2 aromatic carbocycles. The van der Waals surface area contributed by atoms with Crippen molar-refractivity contribution in [2.24, 2.45) is 0 Å². The van der Waals surface area contributed by atoms with Crippen LogP contribution in [0.4, 0.5) is 5.69 Å². The van der Waals surface area contributed by atoms with E-state index in [0.717, 1.165) is 11.1 Å². The number of anilines is 1. The van der Waals surface area contributed by atoms with E-state index < -0.39 is 7.52 Å². The van der Waals surface area contributed by atoms with Gasteiger partial charge in [-0.3, -0.25) is 4.57 Å². The van der Waals surface area contributed by atoms with E-state index in [1.165, 1.54) is 6.66 Å². The van der Waals surface area contributed by atoms with Crippen molar-refractivity contribution in [1.29, 1.82) is 0 Å². The molecule has 0 radical (unpaired) electrons. The number of nitrogens with one attached hydrogen (secondary N) is 1. The molecule has 0 aliphatic rings. The molecule has 2 rings (SSSR count). The fraction of sp³-hybridized carbons (Fsp3) is 0.200. The molecule has 112 valence electrons. The third-order valence-electron chi connectivity index (χ3n) is 2.88. The Bertz CT molecular complexity index is 661. The summed E-state index contributed by atoms with van der Waals surface area (Å²) in [6.45, 7) is 5.32. The first-order valence-corrected chi connectivity index (χ1v) is 9.17. The zero-order chi connectivity index (χ0) is 15.6. The first-order valence-electron chi connectivity index (χ1n) is 6.34. The van der Waals surface area contributed by atoms with Crippen LogP contribution in [-0.2, 0) is 4.57 Å². The summed E-state index contributed by atoms with van der Waals surface area (Å²) in [7, 11) is -3.12. The Hall–Kier alpha value is -1.15. The highest BCUT2D eigenvalue weighted by molar-refractivity contribution is 7.60. The Morgan fingerprint density at radius 3 is 2.52 bits per heavy atom. The molecule has 1 atom stereocenters. The molecular formula is C15H16Cl2NO2P. The molecule has 6 heteroatoms. The van der Waals surface area contributed by atoms with Gasteiger partial charge in [0.05, 0.1) is 5.02 Å². The molecule has 2 aromatic rings. The summed E-state index contributed by atoms with van der Waals surface area (Å²) < 4.78 is 18.2. The van der Waals surface area contributed by atoms with E-state index in [4.69, 9.17) is 27.7 Å². The minimum atomic E-state index is -3.12. The van der Waals surface area contributed by atoms with Crippen LogP contribution in [0.5, 0.6) is 5.75 Å². The molecule has 1 N–H and O–H groups in total. The zero-order valence-corrected chi connectivity index (χ0v) is 14.4. The lowest BCUT2D eigenvalue weighted by molar-refractivity contribution is 0.493. The summed E-state index contributed by atoms with van der Waals surface area (Å²) in [5.41, 5.74) is 2.59. The number of benzene rings is 2. The van der Waals surface area contributed by atoms with Crippen LogP contribution in [0, 0.1) is 13.8 Å². The van der Waals surface area contributed by atoms with E-state index in [-0.39, 0.29) is 0 Å². The lowest BCUT2D eigenvalue weighted by atomic mass is 10.2. The SMILES string of the molecule is Cc1ccc(Cl)c(O[P@](C)(=O)Nc2cc(Cl)ccc2C)c1. The predicted octanol–water partition coefficient (Wildman–Crippen LogP) is 5.92. The van der Waals surface area contributed by atoms with Gasteiger partial charge in [-0.2, -0.15) is 0 Å². The van der Waals surface area contributed by atoms with Gasteiger partial charge in [-0.1, -0.05) is 35.3 Å². The second-order valence-corrected chi connectivity index (χ2v) is 7.88. The number of halogens is 2. The van der Waals surface area contributed by atoms with Gasteiger partial charge in [0.15, 0.2) is 0 Å². The largest absolute Gasteiger partial charge is 0.427 e. The lowest BCUT2D eigenvalue weighted by Gasteiger charge is -2.19. The van der Waals surface area contributed by atoms with E-state index in [2.05, 4.69) is 5.09 Å². The number of hydrogen-bond donors (Lipinski definition) is 1. The van der Waals surface area contributed by atoms with E-state index in [9.17, 15) is 4.57 Å². The Labute approximate surface area is 134 Å². The van der Waals surface area contributed by atoms with Crippen LogP contribution in [0.3, 0.4) is 0 Å². The molecule has 0 fully saturated rings. The summed E-state index contributed by atoms with van der Waals surface area (Å²) in [4.78, 5) is 0. The Balaban J connectivity index is 2.24. The predicted molar refractivity (Wildman–Crippen MR) is 90.2 cm³/mol. The van der Waals surface area contributed by atoms with Crippen LogP contribution in [0.1, 0.15) is 11.1 Å². The molecule has 0 heterocycles. The molecule has 0 bridgehead atoms. The standard InChI is InChI=1S/C15H16Cl2NO2P/c1-10-4-7-13(17)15(8-10)20-21(3,19)18-14-9-12(16)6-5-11(14)2/h4-9H,1-3H3,(H,18,19)/t21-/m0/s1. The van der Waals surface area contributed by atoms with Crippen molar-refractivity contribution in [3.63, 3.8) is 0 Å². The molecule has 0 aliphatic heterocycles. The Morgan fingerprint density at radius 2 is 1.81 bits per heavy atom. The Morgan fingerprint density at radius 1 is 1.10 bits per heavy atom. The van der Waals surface area contributed by atoms with Crippen molar-refractivity contribution in [2.45, 2.75) is 13.8 Å². The highest BCUT2D eigenvalue weighted by Gasteiger charge is 2.20. The normalized spacial score (nSPS) is 13.6. The maximum atomic E-state index is 12.6. The molecule has 0 aromatic heterocycles. The van der Waals surface area contributed by atoms with Crippen molar-refractivity contribution < 1.29 is 9.09 Å². The topological polar surface area (TPSA) is 38.3 Å². The van der Waals surface area contributed by atoms with E-state index in [1.54, 1.807) is 24.3 Å². The molecule has 3 nitrogen and oxygen atoms in total. The lowest BCUT2D eigenvalue weighted by Crippen LogP contribution is -2.04. The smallest absolute Gasteiger partial charge is 0.338 e. The molecule has 0 amide bonds. The third-order valence-corrected chi connectivity index (χ3v) is 4.62. The van der Waals surface area contributed by atoms with Gasteiger partial charge in [-0.05, 0) is 49.2 Å². The van der Waals surface area contributed by atoms with Gasteiger partial charge in [-0.15, -0.1) is 0 Å².